The lowest BCUT2D eigenvalue weighted by Crippen LogP contribution is -2.10. The molecule has 0 rings (SSSR count). The van der Waals surface area contributed by atoms with Gasteiger partial charge in [0.25, 0.3) is 0 Å². The maximum absolute atomic E-state index is 9.82. The molecule has 2 N–H and O–H groups in total. The van der Waals surface area contributed by atoms with Crippen LogP contribution in [0.25, 0.3) is 0 Å². The maximum atomic E-state index is 9.82. The van der Waals surface area contributed by atoms with Crippen LogP contribution in [0.4, 0.5) is 0 Å². The van der Waals surface area contributed by atoms with Crippen molar-refractivity contribution in [3.63, 3.8) is 0 Å². The van der Waals surface area contributed by atoms with E-state index < -0.39 is 5.91 Å². The zero-order valence-electron chi connectivity index (χ0n) is 7.52. The van der Waals surface area contributed by atoms with Crippen molar-refractivity contribution >= 4 is 5.91 Å². The summed E-state index contributed by atoms with van der Waals surface area (Å²) >= 11 is 0. The molecule has 0 spiro atoms. The van der Waals surface area contributed by atoms with E-state index in [1.165, 1.54) is 0 Å². The highest BCUT2D eigenvalue weighted by Gasteiger charge is 1.86. The monoisotopic (exact) mass is 159 g/mol. The molecule has 1 amide bonds. The molecular formula is C8H17NO2. The average molecular weight is 159 g/mol. The Bertz CT molecular complexity index is 107. The molecule has 0 bridgehead atoms. The topological polar surface area (TPSA) is 52.3 Å². The van der Waals surface area contributed by atoms with Crippen LogP contribution >= 0.6 is 0 Å². The number of carbonyl (C=O) groups is 1. The lowest BCUT2D eigenvalue weighted by molar-refractivity contribution is -0.114. The number of primary amides is 1. The molecule has 0 aliphatic carbocycles. The normalized spacial score (nSPS) is 7.91. The van der Waals surface area contributed by atoms with Gasteiger partial charge in [-0.05, 0) is 20.8 Å². The third-order valence-electron chi connectivity index (χ3n) is 0.829. The predicted molar refractivity (Wildman–Crippen MR) is 46.2 cm³/mol. The molecule has 0 unspecified atom stereocenters. The van der Waals surface area contributed by atoms with Crippen LogP contribution in [0.1, 0.15) is 20.8 Å². The third-order valence-corrected chi connectivity index (χ3v) is 0.829. The number of nitrogens with two attached hydrogens (primary N) is 1. The highest BCUT2D eigenvalue weighted by molar-refractivity contribution is 5.90. The van der Waals surface area contributed by atoms with Crippen LogP contribution in [0.15, 0.2) is 12.2 Å². The smallest absolute Gasteiger partial charge is 0.243 e. The molecule has 0 saturated heterocycles. The van der Waals surface area contributed by atoms with E-state index in [1.807, 2.05) is 13.8 Å². The Kier molecular flexibility index (Phi) is 10.7. The van der Waals surface area contributed by atoms with Gasteiger partial charge >= 0.3 is 0 Å². The minimum atomic E-state index is -0.435. The Morgan fingerprint density at radius 3 is 1.73 bits per heavy atom. The van der Waals surface area contributed by atoms with E-state index in [9.17, 15) is 4.79 Å². The summed E-state index contributed by atoms with van der Waals surface area (Å²) in [7, 11) is 0. The fraction of sp³-hybridized carbons (Fsp3) is 0.625. The molecule has 0 atom stereocenters. The zero-order chi connectivity index (χ0) is 9.28. The number of rotatable bonds is 3. The molecule has 66 valence electrons. The molecule has 0 aromatic carbocycles. The van der Waals surface area contributed by atoms with Crippen LogP contribution in [0.5, 0.6) is 0 Å². The highest BCUT2D eigenvalue weighted by Crippen LogP contribution is 1.78. The molecule has 3 heteroatoms. The fourth-order valence-corrected chi connectivity index (χ4v) is 0.204. The first-order chi connectivity index (χ1) is 5.06. The standard InChI is InChI=1S/C4H7NO.C4H10O/c1-3(2)4(5)6;1-3-5-4-2/h1H2,2H3,(H2,5,6);3-4H2,1-2H3. The quantitative estimate of drug-likeness (QED) is 0.627. The summed E-state index contributed by atoms with van der Waals surface area (Å²) in [5, 5.41) is 0. The summed E-state index contributed by atoms with van der Waals surface area (Å²) in [6, 6.07) is 0. The number of hydrogen-bond acceptors (Lipinski definition) is 2. The van der Waals surface area contributed by atoms with Gasteiger partial charge in [-0.15, -0.1) is 0 Å². The van der Waals surface area contributed by atoms with Crippen molar-refractivity contribution in [3.8, 4) is 0 Å². The molecule has 11 heavy (non-hydrogen) atoms. The van der Waals surface area contributed by atoms with Gasteiger partial charge in [0, 0.05) is 18.8 Å². The highest BCUT2D eigenvalue weighted by atomic mass is 16.5. The Morgan fingerprint density at radius 2 is 1.73 bits per heavy atom. The molecule has 3 nitrogen and oxygen atoms in total. The fourth-order valence-electron chi connectivity index (χ4n) is 0.204. The van der Waals surface area contributed by atoms with Crippen LogP contribution in [0, 0.1) is 0 Å². The van der Waals surface area contributed by atoms with Crippen molar-refractivity contribution in [1.29, 1.82) is 0 Å². The van der Waals surface area contributed by atoms with Gasteiger partial charge in [0.15, 0.2) is 0 Å². The minimum Gasteiger partial charge on any atom is -0.382 e. The van der Waals surface area contributed by atoms with Gasteiger partial charge in [-0.25, -0.2) is 0 Å². The van der Waals surface area contributed by atoms with E-state index >= 15 is 0 Å². The lowest BCUT2D eigenvalue weighted by atomic mass is 10.3. The summed E-state index contributed by atoms with van der Waals surface area (Å²) in [6.07, 6.45) is 0. The average Bonchev–Trinajstić information content (AvgIpc) is 1.90. The van der Waals surface area contributed by atoms with Crippen LogP contribution < -0.4 is 5.73 Å². The SMILES string of the molecule is C=C(C)C(N)=O.CCOCC. The van der Waals surface area contributed by atoms with Gasteiger partial charge < -0.3 is 10.5 Å². The molecule has 0 aliphatic heterocycles. The van der Waals surface area contributed by atoms with Crippen LogP contribution in [0.2, 0.25) is 0 Å². The van der Waals surface area contributed by atoms with Gasteiger partial charge in [0.2, 0.25) is 5.91 Å². The van der Waals surface area contributed by atoms with Crippen molar-refractivity contribution in [1.82, 2.24) is 0 Å². The van der Waals surface area contributed by atoms with Gasteiger partial charge in [0.1, 0.15) is 0 Å². The molecular weight excluding hydrogens is 142 g/mol. The van der Waals surface area contributed by atoms with E-state index in [0.29, 0.717) is 5.57 Å². The van der Waals surface area contributed by atoms with Crippen LogP contribution in [-0.2, 0) is 9.53 Å². The van der Waals surface area contributed by atoms with Gasteiger partial charge in [-0.1, -0.05) is 6.58 Å². The van der Waals surface area contributed by atoms with E-state index in [-0.39, 0.29) is 0 Å². The first-order valence-electron chi connectivity index (χ1n) is 3.59. The van der Waals surface area contributed by atoms with E-state index in [2.05, 4.69) is 6.58 Å². The predicted octanol–water partition coefficient (Wildman–Crippen LogP) is 1.09. The minimum absolute atomic E-state index is 0.398. The first kappa shape index (κ1) is 12.8. The second-order valence-electron chi connectivity index (χ2n) is 1.93. The molecule has 0 fully saturated rings. The van der Waals surface area contributed by atoms with Crippen molar-refractivity contribution in [2.45, 2.75) is 20.8 Å². The summed E-state index contributed by atoms with van der Waals surface area (Å²) in [4.78, 5) is 9.82. The van der Waals surface area contributed by atoms with Crippen molar-refractivity contribution < 1.29 is 9.53 Å². The summed E-state index contributed by atoms with van der Waals surface area (Å²) in [5.41, 5.74) is 5.09. The van der Waals surface area contributed by atoms with Gasteiger partial charge in [-0.2, -0.15) is 0 Å². The number of amides is 1. The van der Waals surface area contributed by atoms with Crippen molar-refractivity contribution in [2.24, 2.45) is 5.73 Å². The summed E-state index contributed by atoms with van der Waals surface area (Å²) in [5.74, 6) is -0.435. The molecule has 0 radical (unpaired) electrons. The summed E-state index contributed by atoms with van der Waals surface area (Å²) < 4.78 is 4.83. The Labute approximate surface area is 68.2 Å². The Morgan fingerprint density at radius 1 is 1.45 bits per heavy atom. The largest absolute Gasteiger partial charge is 0.382 e. The van der Waals surface area contributed by atoms with Crippen molar-refractivity contribution in [2.75, 3.05) is 13.2 Å². The van der Waals surface area contributed by atoms with E-state index in [0.717, 1.165) is 13.2 Å². The molecule has 0 saturated carbocycles. The number of ether oxygens (including phenoxy) is 1. The van der Waals surface area contributed by atoms with E-state index in [1.54, 1.807) is 6.92 Å². The molecule has 0 aromatic heterocycles. The maximum Gasteiger partial charge on any atom is 0.243 e. The second kappa shape index (κ2) is 9.17. The third kappa shape index (κ3) is 17.6. The second-order valence-corrected chi connectivity index (χ2v) is 1.93. The van der Waals surface area contributed by atoms with Gasteiger partial charge in [-0.3, -0.25) is 4.79 Å². The number of hydrogen-bond donors (Lipinski definition) is 1. The Hall–Kier alpha value is -0.830. The number of carbonyl (C=O) groups excluding carboxylic acids is 1. The van der Waals surface area contributed by atoms with Gasteiger partial charge in [0.05, 0.1) is 0 Å². The molecule has 0 aromatic rings. The lowest BCUT2D eigenvalue weighted by Gasteiger charge is -1.86. The van der Waals surface area contributed by atoms with Crippen molar-refractivity contribution in [3.05, 3.63) is 12.2 Å². The van der Waals surface area contributed by atoms with Crippen LogP contribution in [-0.4, -0.2) is 19.1 Å². The molecule has 0 aliphatic rings. The first-order valence-corrected chi connectivity index (χ1v) is 3.59. The zero-order valence-corrected chi connectivity index (χ0v) is 7.52. The Balaban J connectivity index is 0. The summed E-state index contributed by atoms with van der Waals surface area (Å²) in [6.45, 7) is 10.5. The van der Waals surface area contributed by atoms with Crippen LogP contribution in [0.3, 0.4) is 0 Å². The molecule has 0 heterocycles. The van der Waals surface area contributed by atoms with E-state index in [4.69, 9.17) is 10.5 Å².